The second-order valence-corrected chi connectivity index (χ2v) is 4.53. The molecular formula is C14H18O5. The maximum absolute atomic E-state index is 11.8. The normalized spacial score (nSPS) is 13.5. The van der Waals surface area contributed by atoms with Crippen LogP contribution in [0.5, 0.6) is 11.5 Å². The van der Waals surface area contributed by atoms with Crippen LogP contribution in [-0.4, -0.2) is 31.1 Å². The summed E-state index contributed by atoms with van der Waals surface area (Å²) in [4.78, 5) is 22.8. The van der Waals surface area contributed by atoms with Crippen LogP contribution in [-0.2, 0) is 15.0 Å². The number of rotatable bonds is 6. The van der Waals surface area contributed by atoms with E-state index in [1.165, 1.54) is 21.1 Å². The Balaban J connectivity index is 3.31. The van der Waals surface area contributed by atoms with E-state index in [1.807, 2.05) is 0 Å². The molecule has 0 radical (unpaired) electrons. The van der Waals surface area contributed by atoms with Crippen molar-refractivity contribution < 1.29 is 24.2 Å². The van der Waals surface area contributed by atoms with E-state index >= 15 is 0 Å². The fourth-order valence-electron chi connectivity index (χ4n) is 1.91. The number of carbonyl (C=O) groups is 2. The lowest BCUT2D eigenvalue weighted by Crippen LogP contribution is -2.33. The van der Waals surface area contributed by atoms with Gasteiger partial charge in [0.25, 0.3) is 0 Å². The highest BCUT2D eigenvalue weighted by Gasteiger charge is 2.35. The third kappa shape index (κ3) is 3.05. The van der Waals surface area contributed by atoms with Gasteiger partial charge in [0.15, 0.2) is 11.5 Å². The van der Waals surface area contributed by atoms with Crippen molar-refractivity contribution in [1.29, 1.82) is 0 Å². The quantitative estimate of drug-likeness (QED) is 0.852. The molecule has 1 atom stereocenters. The molecule has 1 aromatic rings. The van der Waals surface area contributed by atoms with Gasteiger partial charge < -0.3 is 14.6 Å². The van der Waals surface area contributed by atoms with E-state index in [-0.39, 0.29) is 12.2 Å². The van der Waals surface area contributed by atoms with Crippen molar-refractivity contribution in [2.75, 3.05) is 14.2 Å². The summed E-state index contributed by atoms with van der Waals surface area (Å²) in [6, 6.07) is 4.99. The molecule has 0 bridgehead atoms. The van der Waals surface area contributed by atoms with Gasteiger partial charge in [-0.1, -0.05) is 6.07 Å². The topological polar surface area (TPSA) is 72.8 Å². The largest absolute Gasteiger partial charge is 0.493 e. The molecule has 0 spiro atoms. The molecule has 1 aromatic carbocycles. The molecule has 1 unspecified atom stereocenters. The molecule has 0 aromatic heterocycles. The third-order valence-corrected chi connectivity index (χ3v) is 3.30. The maximum Gasteiger partial charge on any atom is 0.304 e. The Morgan fingerprint density at radius 2 is 1.79 bits per heavy atom. The van der Waals surface area contributed by atoms with Crippen molar-refractivity contribution in [3.8, 4) is 11.5 Å². The monoisotopic (exact) mass is 266 g/mol. The van der Waals surface area contributed by atoms with E-state index in [4.69, 9.17) is 14.6 Å². The van der Waals surface area contributed by atoms with Crippen LogP contribution in [0.4, 0.5) is 0 Å². The molecule has 0 aliphatic rings. The first-order valence-corrected chi connectivity index (χ1v) is 5.80. The molecule has 104 valence electrons. The second-order valence-electron chi connectivity index (χ2n) is 4.53. The average Bonchev–Trinajstić information content (AvgIpc) is 2.36. The van der Waals surface area contributed by atoms with Gasteiger partial charge in [-0.15, -0.1) is 0 Å². The number of carbonyl (C=O) groups excluding carboxylic acids is 1. The summed E-state index contributed by atoms with van der Waals surface area (Å²) in [6.07, 6.45) is -0.266. The van der Waals surface area contributed by atoms with E-state index in [9.17, 15) is 9.59 Å². The minimum absolute atomic E-state index is 0.206. The molecule has 0 aliphatic heterocycles. The van der Waals surface area contributed by atoms with Crippen LogP contribution in [0.15, 0.2) is 18.2 Å². The lowest BCUT2D eigenvalue weighted by molar-refractivity contribution is -0.141. The van der Waals surface area contributed by atoms with Gasteiger partial charge in [0.2, 0.25) is 0 Å². The predicted molar refractivity (Wildman–Crippen MR) is 69.8 cm³/mol. The summed E-state index contributed by atoms with van der Waals surface area (Å²) in [6.45, 7) is 3.00. The summed E-state index contributed by atoms with van der Waals surface area (Å²) >= 11 is 0. The maximum atomic E-state index is 11.8. The zero-order valence-corrected chi connectivity index (χ0v) is 11.5. The van der Waals surface area contributed by atoms with E-state index in [0.29, 0.717) is 17.1 Å². The first kappa shape index (κ1) is 15.0. The Kier molecular flexibility index (Phi) is 4.53. The molecule has 19 heavy (non-hydrogen) atoms. The fourth-order valence-corrected chi connectivity index (χ4v) is 1.91. The van der Waals surface area contributed by atoms with Crippen molar-refractivity contribution in [3.05, 3.63) is 23.8 Å². The molecule has 0 amide bonds. The summed E-state index contributed by atoms with van der Waals surface area (Å²) in [5.41, 5.74) is -0.481. The Morgan fingerprint density at radius 1 is 1.21 bits per heavy atom. The second kappa shape index (κ2) is 5.73. The van der Waals surface area contributed by atoms with Gasteiger partial charge in [-0.25, -0.2) is 0 Å². The number of methoxy groups -OCH3 is 2. The molecule has 1 rings (SSSR count). The number of Topliss-reactive ketones (excluding diaryl/α,β-unsaturated/α-hetero) is 1. The van der Waals surface area contributed by atoms with Crippen molar-refractivity contribution >= 4 is 11.8 Å². The highest BCUT2D eigenvalue weighted by Crippen LogP contribution is 2.35. The van der Waals surface area contributed by atoms with Gasteiger partial charge in [-0.2, -0.15) is 0 Å². The zero-order valence-electron chi connectivity index (χ0n) is 11.5. The Hall–Kier alpha value is -2.04. The molecule has 0 fully saturated rings. The van der Waals surface area contributed by atoms with E-state index in [2.05, 4.69) is 0 Å². The average molecular weight is 266 g/mol. The molecule has 0 saturated heterocycles. The number of ether oxygens (including phenoxy) is 2. The van der Waals surface area contributed by atoms with Crippen molar-refractivity contribution in [1.82, 2.24) is 0 Å². The third-order valence-electron chi connectivity index (χ3n) is 3.30. The number of carboxylic acids is 1. The van der Waals surface area contributed by atoms with Gasteiger partial charge >= 0.3 is 5.97 Å². The highest BCUT2D eigenvalue weighted by molar-refractivity contribution is 5.91. The van der Waals surface area contributed by atoms with Crippen LogP contribution >= 0.6 is 0 Å². The Bertz CT molecular complexity index is 495. The van der Waals surface area contributed by atoms with Gasteiger partial charge in [-0.3, -0.25) is 9.59 Å². The lowest BCUT2D eigenvalue weighted by atomic mass is 9.76. The molecule has 5 heteroatoms. The van der Waals surface area contributed by atoms with Crippen LogP contribution in [0.1, 0.15) is 25.8 Å². The predicted octanol–water partition coefficient (Wildman–Crippen LogP) is 2.03. The van der Waals surface area contributed by atoms with Crippen molar-refractivity contribution in [3.63, 3.8) is 0 Å². The SMILES string of the molecule is COc1ccc(C(C)(CC(=O)O)C(C)=O)cc1OC. The van der Waals surface area contributed by atoms with Gasteiger partial charge in [0.1, 0.15) is 5.78 Å². The van der Waals surface area contributed by atoms with Crippen molar-refractivity contribution in [2.45, 2.75) is 25.7 Å². The minimum Gasteiger partial charge on any atom is -0.493 e. The minimum atomic E-state index is -1.08. The fraction of sp³-hybridized carbons (Fsp3) is 0.429. The number of hydrogen-bond acceptors (Lipinski definition) is 4. The molecule has 0 aliphatic carbocycles. The van der Waals surface area contributed by atoms with Crippen LogP contribution < -0.4 is 9.47 Å². The zero-order chi connectivity index (χ0) is 14.6. The summed E-state index contributed by atoms with van der Waals surface area (Å²) in [5, 5.41) is 8.98. The van der Waals surface area contributed by atoms with Crippen LogP contribution in [0, 0.1) is 0 Å². The molecule has 1 N–H and O–H groups in total. The van der Waals surface area contributed by atoms with E-state index in [1.54, 1.807) is 25.1 Å². The lowest BCUT2D eigenvalue weighted by Gasteiger charge is -2.26. The number of carboxylic acid groups (broad SMARTS) is 1. The highest BCUT2D eigenvalue weighted by atomic mass is 16.5. The number of ketones is 1. The number of benzene rings is 1. The summed E-state index contributed by atoms with van der Waals surface area (Å²) < 4.78 is 10.3. The first-order chi connectivity index (χ1) is 8.85. The Labute approximate surface area is 112 Å². The van der Waals surface area contributed by atoms with Crippen molar-refractivity contribution in [2.24, 2.45) is 0 Å². The van der Waals surface area contributed by atoms with Crippen LogP contribution in [0.2, 0.25) is 0 Å². The number of aliphatic carboxylic acids is 1. The van der Waals surface area contributed by atoms with Crippen LogP contribution in [0.3, 0.4) is 0 Å². The Morgan fingerprint density at radius 3 is 2.21 bits per heavy atom. The first-order valence-electron chi connectivity index (χ1n) is 5.80. The number of hydrogen-bond donors (Lipinski definition) is 1. The molecule has 5 nitrogen and oxygen atoms in total. The van der Waals surface area contributed by atoms with E-state index < -0.39 is 11.4 Å². The van der Waals surface area contributed by atoms with Gasteiger partial charge in [0, 0.05) is 0 Å². The summed E-state index contributed by atoms with van der Waals surface area (Å²) in [7, 11) is 3.00. The standard InChI is InChI=1S/C14H18O5/c1-9(15)14(2,8-13(16)17)10-5-6-11(18-3)12(7-10)19-4/h5-7H,8H2,1-4H3,(H,16,17). The van der Waals surface area contributed by atoms with Gasteiger partial charge in [0.05, 0.1) is 26.1 Å². The van der Waals surface area contributed by atoms with Crippen LogP contribution in [0.25, 0.3) is 0 Å². The smallest absolute Gasteiger partial charge is 0.304 e. The molecular weight excluding hydrogens is 248 g/mol. The van der Waals surface area contributed by atoms with E-state index in [0.717, 1.165) is 0 Å². The molecule has 0 heterocycles. The van der Waals surface area contributed by atoms with Gasteiger partial charge in [-0.05, 0) is 31.5 Å². The summed E-state index contributed by atoms with van der Waals surface area (Å²) in [5.74, 6) is -0.222. The molecule has 0 saturated carbocycles.